The molecule has 0 saturated heterocycles. The van der Waals surface area contributed by atoms with E-state index in [0.717, 1.165) is 18.2 Å². The first kappa shape index (κ1) is 17.4. The fourth-order valence-corrected chi connectivity index (χ4v) is 3.42. The van der Waals surface area contributed by atoms with Gasteiger partial charge in [0.15, 0.2) is 0 Å². The Labute approximate surface area is 126 Å². The van der Waals surface area contributed by atoms with Crippen molar-refractivity contribution in [3.05, 3.63) is 29.6 Å². The van der Waals surface area contributed by atoms with Gasteiger partial charge in [0.1, 0.15) is 28.4 Å². The van der Waals surface area contributed by atoms with Crippen molar-refractivity contribution in [2.24, 2.45) is 0 Å². The van der Waals surface area contributed by atoms with Crippen molar-refractivity contribution in [1.82, 2.24) is 4.72 Å². The van der Waals surface area contributed by atoms with Gasteiger partial charge in [-0.05, 0) is 30.6 Å². The van der Waals surface area contributed by atoms with Crippen molar-refractivity contribution < 1.29 is 22.7 Å². The number of hydrogen-bond donors (Lipinski definition) is 2. The molecule has 1 aromatic carbocycles. The van der Waals surface area contributed by atoms with Crippen LogP contribution in [0.25, 0.3) is 0 Å². The number of halogens is 1. The van der Waals surface area contributed by atoms with E-state index in [1.54, 1.807) is 6.26 Å². The third kappa shape index (κ3) is 4.42. The second kappa shape index (κ2) is 7.40. The largest absolute Gasteiger partial charge is 0.480 e. The normalized spacial score (nSPS) is 12.6. The zero-order valence-electron chi connectivity index (χ0n) is 11.0. The van der Waals surface area contributed by atoms with Gasteiger partial charge in [-0.15, -0.1) is 0 Å². The van der Waals surface area contributed by atoms with Crippen molar-refractivity contribution in [2.75, 3.05) is 12.0 Å². The van der Waals surface area contributed by atoms with Crippen LogP contribution in [-0.2, 0) is 14.8 Å². The van der Waals surface area contributed by atoms with Gasteiger partial charge in [-0.25, -0.2) is 12.8 Å². The minimum Gasteiger partial charge on any atom is -0.480 e. The molecule has 0 fully saturated rings. The van der Waals surface area contributed by atoms with Gasteiger partial charge in [-0.1, -0.05) is 6.07 Å². The minimum absolute atomic E-state index is 0.0763. The lowest BCUT2D eigenvalue weighted by molar-refractivity contribution is -0.139. The second-order valence-electron chi connectivity index (χ2n) is 4.02. The van der Waals surface area contributed by atoms with E-state index in [0.29, 0.717) is 5.75 Å². The van der Waals surface area contributed by atoms with Gasteiger partial charge in [0, 0.05) is 0 Å². The average molecular weight is 332 g/mol. The Bertz CT molecular complexity index is 670. The SMILES string of the molecule is CSCCC(NS(=O)(=O)c1cccc(F)c1C#N)C(=O)O. The first-order valence-electron chi connectivity index (χ1n) is 5.76. The van der Waals surface area contributed by atoms with Crippen LogP contribution >= 0.6 is 11.8 Å². The minimum atomic E-state index is -4.30. The van der Waals surface area contributed by atoms with E-state index in [9.17, 15) is 17.6 Å². The molecule has 0 aliphatic carbocycles. The number of sulfonamides is 1. The van der Waals surface area contributed by atoms with Crippen LogP contribution < -0.4 is 4.72 Å². The van der Waals surface area contributed by atoms with E-state index in [1.165, 1.54) is 17.8 Å². The molecular formula is C12H13FN2O4S2. The quantitative estimate of drug-likeness (QED) is 0.776. The fraction of sp³-hybridized carbons (Fsp3) is 0.333. The summed E-state index contributed by atoms with van der Waals surface area (Å²) >= 11 is 1.37. The number of nitriles is 1. The summed E-state index contributed by atoms with van der Waals surface area (Å²) in [7, 11) is -4.30. The van der Waals surface area contributed by atoms with E-state index < -0.39 is 38.3 Å². The third-order valence-corrected chi connectivity index (χ3v) is 4.74. The van der Waals surface area contributed by atoms with Gasteiger partial charge in [-0.2, -0.15) is 21.7 Å². The molecule has 1 rings (SSSR count). The zero-order valence-corrected chi connectivity index (χ0v) is 12.7. The number of nitrogens with zero attached hydrogens (tertiary/aromatic N) is 1. The van der Waals surface area contributed by atoms with Gasteiger partial charge >= 0.3 is 5.97 Å². The van der Waals surface area contributed by atoms with Gasteiger partial charge in [-0.3, -0.25) is 4.79 Å². The Kier molecular flexibility index (Phi) is 6.14. The van der Waals surface area contributed by atoms with Crippen molar-refractivity contribution >= 4 is 27.8 Å². The number of benzene rings is 1. The molecule has 2 N–H and O–H groups in total. The maximum absolute atomic E-state index is 13.4. The number of rotatable bonds is 7. The molecule has 1 atom stereocenters. The van der Waals surface area contributed by atoms with Gasteiger partial charge in [0.05, 0.1) is 0 Å². The molecule has 0 aliphatic rings. The highest BCUT2D eigenvalue weighted by Crippen LogP contribution is 2.18. The van der Waals surface area contributed by atoms with Crippen molar-refractivity contribution in [2.45, 2.75) is 17.4 Å². The average Bonchev–Trinajstić information content (AvgIpc) is 2.42. The predicted molar refractivity (Wildman–Crippen MR) is 75.9 cm³/mol. The number of nitrogens with one attached hydrogen (secondary N) is 1. The topological polar surface area (TPSA) is 107 Å². The summed E-state index contributed by atoms with van der Waals surface area (Å²) in [5, 5.41) is 17.9. The van der Waals surface area contributed by atoms with Crippen molar-refractivity contribution in [1.29, 1.82) is 5.26 Å². The van der Waals surface area contributed by atoms with Crippen LogP contribution in [0.5, 0.6) is 0 Å². The maximum atomic E-state index is 13.4. The number of thioether (sulfide) groups is 1. The molecule has 0 spiro atoms. The summed E-state index contributed by atoms with van der Waals surface area (Å²) in [5.74, 6) is -1.87. The van der Waals surface area contributed by atoms with Gasteiger partial charge < -0.3 is 5.11 Å². The molecule has 0 aliphatic heterocycles. The molecule has 114 valence electrons. The van der Waals surface area contributed by atoms with Crippen LogP contribution in [0.15, 0.2) is 23.1 Å². The van der Waals surface area contributed by atoms with E-state index in [4.69, 9.17) is 10.4 Å². The Morgan fingerprint density at radius 2 is 2.24 bits per heavy atom. The van der Waals surface area contributed by atoms with E-state index in [1.807, 2.05) is 4.72 Å². The lowest BCUT2D eigenvalue weighted by Crippen LogP contribution is -2.41. The first-order chi connectivity index (χ1) is 9.83. The second-order valence-corrected chi connectivity index (χ2v) is 6.69. The summed E-state index contributed by atoms with van der Waals surface area (Å²) in [5.41, 5.74) is -0.640. The van der Waals surface area contributed by atoms with Crippen LogP contribution in [0.4, 0.5) is 4.39 Å². The smallest absolute Gasteiger partial charge is 0.321 e. The Balaban J connectivity index is 3.14. The van der Waals surface area contributed by atoms with E-state index in [-0.39, 0.29) is 6.42 Å². The molecule has 0 bridgehead atoms. The molecule has 0 amide bonds. The third-order valence-electron chi connectivity index (χ3n) is 2.58. The predicted octanol–water partition coefficient (Wildman–Crippen LogP) is 1.18. The standard InChI is InChI=1S/C12H13FN2O4S2/c1-20-6-5-10(12(16)17)15-21(18,19)11-4-2-3-9(13)8(11)7-14/h2-4,10,15H,5-6H2,1H3,(H,16,17). The van der Waals surface area contributed by atoms with Gasteiger partial charge in [0.25, 0.3) is 0 Å². The molecule has 9 heteroatoms. The van der Waals surface area contributed by atoms with Crippen LogP contribution in [0.1, 0.15) is 12.0 Å². The number of carboxylic acids is 1. The molecule has 0 heterocycles. The Hall–Kier alpha value is -1.63. The summed E-state index contributed by atoms with van der Waals surface area (Å²) in [6, 6.07) is 3.29. The maximum Gasteiger partial charge on any atom is 0.321 e. The van der Waals surface area contributed by atoms with Crippen LogP contribution in [-0.4, -0.2) is 37.5 Å². The molecule has 0 aromatic heterocycles. The number of aliphatic carboxylic acids is 1. The molecule has 0 radical (unpaired) electrons. The zero-order chi connectivity index (χ0) is 16.0. The van der Waals surface area contributed by atoms with Crippen LogP contribution in [0.2, 0.25) is 0 Å². The summed E-state index contributed by atoms with van der Waals surface area (Å²) in [6.45, 7) is 0. The highest BCUT2D eigenvalue weighted by molar-refractivity contribution is 7.98. The molecule has 0 saturated carbocycles. The van der Waals surface area contributed by atoms with E-state index >= 15 is 0 Å². The molecule has 6 nitrogen and oxygen atoms in total. The Morgan fingerprint density at radius 3 is 2.76 bits per heavy atom. The monoisotopic (exact) mass is 332 g/mol. The lowest BCUT2D eigenvalue weighted by atomic mass is 10.2. The van der Waals surface area contributed by atoms with Gasteiger partial charge in [0.2, 0.25) is 10.0 Å². The molecule has 21 heavy (non-hydrogen) atoms. The number of carbonyl (C=O) groups is 1. The molecule has 1 aromatic rings. The fourth-order valence-electron chi connectivity index (χ4n) is 1.56. The van der Waals surface area contributed by atoms with Crippen molar-refractivity contribution in [3.8, 4) is 6.07 Å². The molecular weight excluding hydrogens is 319 g/mol. The van der Waals surface area contributed by atoms with Crippen LogP contribution in [0.3, 0.4) is 0 Å². The lowest BCUT2D eigenvalue weighted by Gasteiger charge is -2.15. The van der Waals surface area contributed by atoms with E-state index in [2.05, 4.69) is 0 Å². The Morgan fingerprint density at radius 1 is 1.57 bits per heavy atom. The van der Waals surface area contributed by atoms with Crippen molar-refractivity contribution in [3.63, 3.8) is 0 Å². The summed E-state index contributed by atoms with van der Waals surface area (Å²) < 4.78 is 39.7. The summed E-state index contributed by atoms with van der Waals surface area (Å²) in [6.07, 6.45) is 1.83. The number of hydrogen-bond acceptors (Lipinski definition) is 5. The van der Waals surface area contributed by atoms with Crippen LogP contribution in [0, 0.1) is 17.1 Å². The highest BCUT2D eigenvalue weighted by atomic mass is 32.2. The molecule has 1 unspecified atom stereocenters. The first-order valence-corrected chi connectivity index (χ1v) is 8.64. The summed E-state index contributed by atoms with van der Waals surface area (Å²) in [4.78, 5) is 10.5. The highest BCUT2D eigenvalue weighted by Gasteiger charge is 2.27. The number of carboxylic acid groups (broad SMARTS) is 1.